The third-order valence-corrected chi connectivity index (χ3v) is 2.20. The molecule has 1 aliphatic heterocycles. The summed E-state index contributed by atoms with van der Waals surface area (Å²) in [6.45, 7) is 3.59. The molecule has 0 unspecified atom stereocenters. The lowest BCUT2D eigenvalue weighted by molar-refractivity contribution is 0.0433. The van der Waals surface area contributed by atoms with E-state index in [1.165, 1.54) is 0 Å². The Kier molecular flexibility index (Phi) is 1.93. The summed E-state index contributed by atoms with van der Waals surface area (Å²) in [5.41, 5.74) is -0.172. The Balaban J connectivity index is 2.50. The van der Waals surface area contributed by atoms with Gasteiger partial charge in [-0.2, -0.15) is 0 Å². The van der Waals surface area contributed by atoms with Gasteiger partial charge in [-0.15, -0.1) is 0 Å². The number of hydrogen-bond donors (Lipinski definition) is 1. The van der Waals surface area contributed by atoms with Gasteiger partial charge in [-0.1, -0.05) is 11.6 Å². The summed E-state index contributed by atoms with van der Waals surface area (Å²) in [7, 11) is 0. The van der Waals surface area contributed by atoms with Gasteiger partial charge >= 0.3 is 0 Å². The lowest BCUT2D eigenvalue weighted by Crippen LogP contribution is -2.51. The molecule has 0 aliphatic carbocycles. The van der Waals surface area contributed by atoms with Gasteiger partial charge in [-0.3, -0.25) is 4.79 Å². The van der Waals surface area contributed by atoms with Crippen molar-refractivity contribution in [3.8, 4) is 5.75 Å². The average Bonchev–Trinajstić information content (AvgIpc) is 2.05. The fourth-order valence-corrected chi connectivity index (χ4v) is 1.58. The summed E-state index contributed by atoms with van der Waals surface area (Å²) < 4.78 is 5.55. The Bertz CT molecular complexity index is 401. The van der Waals surface area contributed by atoms with E-state index in [-0.39, 0.29) is 5.91 Å². The van der Waals surface area contributed by atoms with Crippen LogP contribution in [0.5, 0.6) is 5.75 Å². The molecule has 1 aromatic rings. The number of halogens is 1. The first-order valence-electron chi connectivity index (χ1n) is 4.29. The maximum atomic E-state index is 11.6. The molecule has 0 radical (unpaired) electrons. The fraction of sp³-hybridized carbons (Fsp3) is 0.300. The number of carbonyl (C=O) groups is 1. The van der Waals surface area contributed by atoms with Crippen LogP contribution in [0.25, 0.3) is 0 Å². The second kappa shape index (κ2) is 2.89. The van der Waals surface area contributed by atoms with Crippen molar-refractivity contribution in [2.75, 3.05) is 0 Å². The van der Waals surface area contributed by atoms with Crippen molar-refractivity contribution in [3.63, 3.8) is 0 Å². The quantitative estimate of drug-likeness (QED) is 0.715. The fourth-order valence-electron chi connectivity index (χ4n) is 1.41. The molecule has 2 rings (SSSR count). The summed E-state index contributed by atoms with van der Waals surface area (Å²) in [6, 6.07) is 5.01. The van der Waals surface area contributed by atoms with Crippen molar-refractivity contribution >= 4 is 17.5 Å². The van der Waals surface area contributed by atoms with Crippen molar-refractivity contribution in [2.45, 2.75) is 19.6 Å². The van der Waals surface area contributed by atoms with Gasteiger partial charge in [-0.25, -0.2) is 0 Å². The Hall–Kier alpha value is -1.22. The SMILES string of the molecule is CC1(C)NC(=O)c2cc(Cl)ccc2O1. The van der Waals surface area contributed by atoms with E-state index in [4.69, 9.17) is 16.3 Å². The average molecular weight is 212 g/mol. The number of carbonyl (C=O) groups excluding carboxylic acids is 1. The molecule has 0 fully saturated rings. The second-order valence-corrected chi connectivity index (χ2v) is 4.14. The van der Waals surface area contributed by atoms with Crippen LogP contribution in [0.4, 0.5) is 0 Å². The molecule has 1 N–H and O–H groups in total. The first kappa shape index (κ1) is 9.34. The highest BCUT2D eigenvalue weighted by Crippen LogP contribution is 2.29. The molecule has 0 saturated heterocycles. The highest BCUT2D eigenvalue weighted by atomic mass is 35.5. The van der Waals surface area contributed by atoms with Crippen LogP contribution in [0.15, 0.2) is 18.2 Å². The molecule has 1 heterocycles. The topological polar surface area (TPSA) is 38.3 Å². The molecular formula is C10H10ClNO2. The third-order valence-electron chi connectivity index (χ3n) is 1.97. The van der Waals surface area contributed by atoms with Crippen molar-refractivity contribution in [1.82, 2.24) is 5.32 Å². The molecule has 0 aromatic heterocycles. The largest absolute Gasteiger partial charge is 0.468 e. The maximum absolute atomic E-state index is 11.6. The zero-order valence-electron chi connectivity index (χ0n) is 7.93. The molecule has 3 nitrogen and oxygen atoms in total. The molecule has 1 aromatic carbocycles. The summed E-state index contributed by atoms with van der Waals surface area (Å²) in [5.74, 6) is 0.418. The Morgan fingerprint density at radius 1 is 1.43 bits per heavy atom. The first-order valence-corrected chi connectivity index (χ1v) is 4.67. The first-order chi connectivity index (χ1) is 6.48. The highest BCUT2D eigenvalue weighted by molar-refractivity contribution is 6.31. The van der Waals surface area contributed by atoms with Crippen LogP contribution < -0.4 is 10.1 Å². The van der Waals surface area contributed by atoms with E-state index >= 15 is 0 Å². The predicted molar refractivity (Wildman–Crippen MR) is 53.6 cm³/mol. The summed E-state index contributed by atoms with van der Waals surface area (Å²) in [4.78, 5) is 11.6. The minimum Gasteiger partial charge on any atom is -0.468 e. The molecule has 0 saturated carbocycles. The van der Waals surface area contributed by atoms with Crippen molar-refractivity contribution in [2.24, 2.45) is 0 Å². The van der Waals surface area contributed by atoms with E-state index in [0.717, 1.165) is 0 Å². The number of fused-ring (bicyclic) bond motifs is 1. The van der Waals surface area contributed by atoms with Crippen LogP contribution in [0.2, 0.25) is 5.02 Å². The Labute approximate surface area is 87.0 Å². The van der Waals surface area contributed by atoms with Crippen LogP contribution in [-0.4, -0.2) is 11.6 Å². The van der Waals surface area contributed by atoms with E-state index in [1.54, 1.807) is 32.0 Å². The molecule has 14 heavy (non-hydrogen) atoms. The molecule has 0 spiro atoms. The van der Waals surface area contributed by atoms with Gasteiger partial charge in [-0.05, 0) is 32.0 Å². The smallest absolute Gasteiger partial charge is 0.258 e. The monoisotopic (exact) mass is 211 g/mol. The van der Waals surface area contributed by atoms with E-state index in [0.29, 0.717) is 16.3 Å². The van der Waals surface area contributed by atoms with Crippen LogP contribution in [0, 0.1) is 0 Å². The minimum atomic E-state index is -0.655. The summed E-state index contributed by atoms with van der Waals surface area (Å²) in [6.07, 6.45) is 0. The van der Waals surface area contributed by atoms with Gasteiger partial charge < -0.3 is 10.1 Å². The van der Waals surface area contributed by atoms with Gasteiger partial charge in [0.15, 0.2) is 5.72 Å². The second-order valence-electron chi connectivity index (χ2n) is 3.71. The molecular weight excluding hydrogens is 202 g/mol. The Morgan fingerprint density at radius 2 is 2.14 bits per heavy atom. The molecule has 74 valence electrons. The zero-order valence-corrected chi connectivity index (χ0v) is 8.68. The summed E-state index contributed by atoms with van der Waals surface area (Å²) >= 11 is 5.78. The number of benzene rings is 1. The van der Waals surface area contributed by atoms with Crippen molar-refractivity contribution in [1.29, 1.82) is 0 Å². The van der Waals surface area contributed by atoms with Gasteiger partial charge in [0.25, 0.3) is 5.91 Å². The maximum Gasteiger partial charge on any atom is 0.258 e. The van der Waals surface area contributed by atoms with E-state index in [9.17, 15) is 4.79 Å². The molecule has 0 atom stereocenters. The number of hydrogen-bond acceptors (Lipinski definition) is 2. The van der Waals surface area contributed by atoms with E-state index in [1.807, 2.05) is 0 Å². The lowest BCUT2D eigenvalue weighted by atomic mass is 10.1. The van der Waals surface area contributed by atoms with E-state index in [2.05, 4.69) is 5.32 Å². The van der Waals surface area contributed by atoms with Gasteiger partial charge in [0.05, 0.1) is 5.56 Å². The molecule has 1 amide bonds. The minimum absolute atomic E-state index is 0.154. The lowest BCUT2D eigenvalue weighted by Gasteiger charge is -2.33. The number of ether oxygens (including phenoxy) is 1. The van der Waals surface area contributed by atoms with Crippen molar-refractivity contribution in [3.05, 3.63) is 28.8 Å². The van der Waals surface area contributed by atoms with Crippen LogP contribution in [0.3, 0.4) is 0 Å². The van der Waals surface area contributed by atoms with Gasteiger partial charge in [0.1, 0.15) is 5.75 Å². The number of nitrogens with one attached hydrogen (secondary N) is 1. The zero-order chi connectivity index (χ0) is 10.3. The van der Waals surface area contributed by atoms with Crippen LogP contribution in [0.1, 0.15) is 24.2 Å². The molecule has 0 bridgehead atoms. The molecule has 1 aliphatic rings. The highest BCUT2D eigenvalue weighted by Gasteiger charge is 2.31. The van der Waals surface area contributed by atoms with Crippen LogP contribution in [-0.2, 0) is 0 Å². The number of rotatable bonds is 0. The third kappa shape index (κ3) is 1.55. The summed E-state index contributed by atoms with van der Waals surface area (Å²) in [5, 5.41) is 3.25. The van der Waals surface area contributed by atoms with Gasteiger partial charge in [0.2, 0.25) is 0 Å². The van der Waals surface area contributed by atoms with Crippen molar-refractivity contribution < 1.29 is 9.53 Å². The standard InChI is InChI=1S/C10H10ClNO2/c1-10(2)12-9(13)7-5-6(11)3-4-8(7)14-10/h3-5H,1-2H3,(H,12,13). The molecule has 4 heteroatoms. The van der Waals surface area contributed by atoms with Gasteiger partial charge in [0, 0.05) is 5.02 Å². The number of amides is 1. The predicted octanol–water partition coefficient (Wildman–Crippen LogP) is 2.20. The normalized spacial score (nSPS) is 18.1. The van der Waals surface area contributed by atoms with E-state index < -0.39 is 5.72 Å². The Morgan fingerprint density at radius 3 is 2.86 bits per heavy atom. The van der Waals surface area contributed by atoms with Crippen LogP contribution >= 0.6 is 11.6 Å².